The van der Waals surface area contributed by atoms with Crippen molar-refractivity contribution in [2.24, 2.45) is 4.99 Å². The van der Waals surface area contributed by atoms with Gasteiger partial charge in [-0.05, 0) is 75.4 Å². The minimum Gasteiger partial charge on any atom is -0.465 e. The topological polar surface area (TPSA) is 63.9 Å². The number of ether oxygens (including phenoxy) is 1. The molecule has 0 atom stereocenters. The number of aromatic nitrogens is 1. The standard InChI is InChI=1S/C22H25N3O3S/c1-6-23-22-24(7-2)20(26)19(29-22)13-17-11-14(3)25(15(17)4)18-10-8-9-16(12-18)21(27)28-5/h8-13H,6-7H2,1-5H3/b19-13+,23-22?. The lowest BCUT2D eigenvalue weighted by atomic mass is 10.2. The van der Waals surface area contributed by atoms with E-state index in [0.717, 1.165) is 27.8 Å². The van der Waals surface area contributed by atoms with Gasteiger partial charge in [0.05, 0.1) is 17.6 Å². The molecule has 29 heavy (non-hydrogen) atoms. The molecule has 7 heteroatoms. The summed E-state index contributed by atoms with van der Waals surface area (Å²) >= 11 is 1.42. The van der Waals surface area contributed by atoms with Crippen LogP contribution in [0.1, 0.15) is 41.2 Å². The number of hydrogen-bond acceptors (Lipinski definition) is 5. The molecule has 0 N–H and O–H groups in total. The fraction of sp³-hybridized carbons (Fsp3) is 0.318. The van der Waals surface area contributed by atoms with Crippen LogP contribution in [0.15, 0.2) is 40.2 Å². The van der Waals surface area contributed by atoms with Gasteiger partial charge in [-0.1, -0.05) is 6.07 Å². The largest absolute Gasteiger partial charge is 0.465 e. The van der Waals surface area contributed by atoms with Gasteiger partial charge in [0.2, 0.25) is 0 Å². The number of carbonyl (C=O) groups is 2. The molecular weight excluding hydrogens is 386 g/mol. The lowest BCUT2D eigenvalue weighted by Crippen LogP contribution is -2.28. The molecule has 3 rings (SSSR count). The van der Waals surface area contributed by atoms with Gasteiger partial charge in [-0.2, -0.15) is 0 Å². The molecule has 1 saturated heterocycles. The zero-order chi connectivity index (χ0) is 21.1. The van der Waals surface area contributed by atoms with E-state index in [1.165, 1.54) is 18.9 Å². The minimum absolute atomic E-state index is 0.0119. The molecule has 0 saturated carbocycles. The summed E-state index contributed by atoms with van der Waals surface area (Å²) in [7, 11) is 1.37. The first-order chi connectivity index (χ1) is 13.9. The Labute approximate surface area is 175 Å². The summed E-state index contributed by atoms with van der Waals surface area (Å²) in [6, 6.07) is 9.37. The Hall–Kier alpha value is -2.80. The number of hydrogen-bond donors (Lipinski definition) is 0. The van der Waals surface area contributed by atoms with Gasteiger partial charge in [0.15, 0.2) is 5.17 Å². The van der Waals surface area contributed by atoms with E-state index in [4.69, 9.17) is 4.74 Å². The van der Waals surface area contributed by atoms with Gasteiger partial charge in [-0.15, -0.1) is 0 Å². The van der Waals surface area contributed by atoms with Crippen molar-refractivity contribution in [1.82, 2.24) is 9.47 Å². The van der Waals surface area contributed by atoms with Crippen molar-refractivity contribution in [3.8, 4) is 5.69 Å². The normalized spacial score (nSPS) is 16.9. The first-order valence-electron chi connectivity index (χ1n) is 9.54. The van der Waals surface area contributed by atoms with E-state index in [1.807, 2.05) is 58.0 Å². The van der Waals surface area contributed by atoms with Crippen molar-refractivity contribution < 1.29 is 14.3 Å². The first kappa shape index (κ1) is 20.9. The third-order valence-electron chi connectivity index (χ3n) is 4.78. The Bertz CT molecular complexity index is 1020. The fourth-order valence-electron chi connectivity index (χ4n) is 3.40. The molecule has 1 aromatic carbocycles. The van der Waals surface area contributed by atoms with Crippen LogP contribution >= 0.6 is 11.8 Å². The van der Waals surface area contributed by atoms with Gasteiger partial charge in [-0.3, -0.25) is 14.7 Å². The van der Waals surface area contributed by atoms with E-state index in [-0.39, 0.29) is 11.9 Å². The predicted octanol–water partition coefficient (Wildman–Crippen LogP) is 4.19. The zero-order valence-electron chi connectivity index (χ0n) is 17.4. The third-order valence-corrected chi connectivity index (χ3v) is 5.82. The maximum Gasteiger partial charge on any atom is 0.337 e. The van der Waals surface area contributed by atoms with Crippen LogP contribution in [-0.4, -0.2) is 46.7 Å². The molecule has 0 spiro atoms. The Morgan fingerprint density at radius 1 is 1.24 bits per heavy atom. The molecule has 0 radical (unpaired) electrons. The highest BCUT2D eigenvalue weighted by atomic mass is 32.2. The van der Waals surface area contributed by atoms with Crippen molar-refractivity contribution in [1.29, 1.82) is 0 Å². The molecule has 0 aliphatic carbocycles. The number of aliphatic imine (C=N–C) groups is 1. The van der Waals surface area contributed by atoms with Crippen LogP contribution in [0.3, 0.4) is 0 Å². The second kappa shape index (κ2) is 8.69. The number of aryl methyl sites for hydroxylation is 1. The quantitative estimate of drug-likeness (QED) is 0.547. The molecule has 1 fully saturated rings. The van der Waals surface area contributed by atoms with Crippen LogP contribution in [-0.2, 0) is 9.53 Å². The summed E-state index contributed by atoms with van der Waals surface area (Å²) in [6.07, 6.45) is 1.93. The second-order valence-corrected chi connectivity index (χ2v) is 7.63. The highest BCUT2D eigenvalue weighted by Gasteiger charge is 2.32. The molecule has 2 heterocycles. The van der Waals surface area contributed by atoms with Crippen LogP contribution in [0, 0.1) is 13.8 Å². The monoisotopic (exact) mass is 411 g/mol. The first-order valence-corrected chi connectivity index (χ1v) is 10.4. The van der Waals surface area contributed by atoms with Gasteiger partial charge >= 0.3 is 5.97 Å². The average molecular weight is 412 g/mol. The number of methoxy groups -OCH3 is 1. The molecule has 1 aliphatic rings. The van der Waals surface area contributed by atoms with E-state index in [9.17, 15) is 9.59 Å². The third kappa shape index (κ3) is 4.00. The summed E-state index contributed by atoms with van der Waals surface area (Å²) in [5, 5.41) is 0.755. The Morgan fingerprint density at radius 3 is 2.66 bits per heavy atom. The summed E-state index contributed by atoms with van der Waals surface area (Å²) in [6.45, 7) is 9.17. The van der Waals surface area contributed by atoms with E-state index in [1.54, 1.807) is 11.0 Å². The number of esters is 1. The molecule has 0 bridgehead atoms. The molecule has 152 valence electrons. The van der Waals surface area contributed by atoms with Crippen LogP contribution in [0.2, 0.25) is 0 Å². The lowest BCUT2D eigenvalue weighted by molar-refractivity contribution is -0.122. The van der Waals surface area contributed by atoms with Gasteiger partial charge in [0.25, 0.3) is 5.91 Å². The number of carbonyl (C=O) groups excluding carboxylic acids is 2. The number of benzene rings is 1. The van der Waals surface area contributed by atoms with E-state index >= 15 is 0 Å². The molecule has 1 aromatic heterocycles. The number of nitrogens with zero attached hydrogens (tertiary/aromatic N) is 3. The van der Waals surface area contributed by atoms with Crippen molar-refractivity contribution in [3.05, 3.63) is 57.8 Å². The van der Waals surface area contributed by atoms with Crippen LogP contribution in [0.5, 0.6) is 0 Å². The zero-order valence-corrected chi connectivity index (χ0v) is 18.2. The minimum atomic E-state index is -0.369. The summed E-state index contributed by atoms with van der Waals surface area (Å²) in [5.74, 6) is -0.380. The summed E-state index contributed by atoms with van der Waals surface area (Å²) in [5.41, 5.74) is 4.35. The number of amidine groups is 1. The maximum absolute atomic E-state index is 12.7. The van der Waals surface area contributed by atoms with Crippen molar-refractivity contribution in [3.63, 3.8) is 0 Å². The second-order valence-electron chi connectivity index (χ2n) is 6.62. The Morgan fingerprint density at radius 2 is 2.00 bits per heavy atom. The molecule has 1 aliphatic heterocycles. The van der Waals surface area contributed by atoms with Crippen LogP contribution < -0.4 is 0 Å². The molecule has 1 amide bonds. The predicted molar refractivity (Wildman–Crippen MR) is 118 cm³/mol. The number of amides is 1. The van der Waals surface area contributed by atoms with Gasteiger partial charge < -0.3 is 9.30 Å². The molecule has 2 aromatic rings. The number of rotatable bonds is 5. The van der Waals surface area contributed by atoms with Crippen molar-refractivity contribution in [2.45, 2.75) is 27.7 Å². The SMILES string of the molecule is CCN=C1S/C(=C/c2cc(C)n(-c3cccc(C(=O)OC)c3)c2C)C(=O)N1CC. The fourth-order valence-corrected chi connectivity index (χ4v) is 4.50. The summed E-state index contributed by atoms with van der Waals surface area (Å²) < 4.78 is 6.90. The Kier molecular flexibility index (Phi) is 6.27. The van der Waals surface area contributed by atoms with E-state index in [0.29, 0.717) is 23.6 Å². The molecule has 0 unspecified atom stereocenters. The van der Waals surface area contributed by atoms with Crippen molar-refractivity contribution in [2.75, 3.05) is 20.2 Å². The number of thioether (sulfide) groups is 1. The van der Waals surface area contributed by atoms with Gasteiger partial charge in [0, 0.05) is 30.2 Å². The van der Waals surface area contributed by atoms with Crippen LogP contribution in [0.4, 0.5) is 0 Å². The highest BCUT2D eigenvalue weighted by molar-refractivity contribution is 8.18. The van der Waals surface area contributed by atoms with Crippen LogP contribution in [0.25, 0.3) is 11.8 Å². The Balaban J connectivity index is 2.01. The highest BCUT2D eigenvalue weighted by Crippen LogP contribution is 2.34. The number of likely N-dealkylation sites (N-methyl/N-ethyl adjacent to an activating group) is 1. The lowest BCUT2D eigenvalue weighted by Gasteiger charge is -2.11. The van der Waals surface area contributed by atoms with E-state index < -0.39 is 0 Å². The van der Waals surface area contributed by atoms with Gasteiger partial charge in [0.1, 0.15) is 0 Å². The average Bonchev–Trinajstić information content (AvgIpc) is 3.16. The molecular formula is C22H25N3O3S. The van der Waals surface area contributed by atoms with E-state index in [2.05, 4.69) is 9.56 Å². The summed E-state index contributed by atoms with van der Waals surface area (Å²) in [4.78, 5) is 31.5. The molecule has 6 nitrogen and oxygen atoms in total. The van der Waals surface area contributed by atoms with Gasteiger partial charge in [-0.25, -0.2) is 4.79 Å². The smallest absolute Gasteiger partial charge is 0.337 e. The maximum atomic E-state index is 12.7. The van der Waals surface area contributed by atoms with Crippen molar-refractivity contribution >= 4 is 34.9 Å².